The molecule has 1 aromatic carbocycles. The standard InChI is InChI=1S/C28H34BN5O2/c1-5-36-26(35)28(12-14-29(20-30)15-13-28)19-23-17-22(21-9-7-6-8-10-21)18-24(32-23)33-25-11-16-31-34(25)27(2,3)4/h6-11,16-18H,5,12-15,19H2,1-4H3,(H,32,33). The van der Waals surface area contributed by atoms with Crippen LogP contribution in [0, 0.1) is 16.6 Å². The fourth-order valence-electron chi connectivity index (χ4n) is 4.99. The first-order valence-corrected chi connectivity index (χ1v) is 12.7. The monoisotopic (exact) mass is 483 g/mol. The van der Waals surface area contributed by atoms with Crippen LogP contribution in [0.25, 0.3) is 11.1 Å². The van der Waals surface area contributed by atoms with Crippen molar-refractivity contribution in [1.82, 2.24) is 14.8 Å². The van der Waals surface area contributed by atoms with Gasteiger partial charge in [-0.2, -0.15) is 5.10 Å². The Hall–Kier alpha value is -3.60. The van der Waals surface area contributed by atoms with Gasteiger partial charge in [-0.3, -0.25) is 4.79 Å². The Bertz CT molecular complexity index is 1230. The van der Waals surface area contributed by atoms with Crippen molar-refractivity contribution in [2.45, 2.75) is 65.1 Å². The van der Waals surface area contributed by atoms with Crippen LogP contribution in [-0.2, 0) is 21.5 Å². The van der Waals surface area contributed by atoms with Gasteiger partial charge in [0.15, 0.2) is 0 Å². The molecule has 1 saturated heterocycles. The molecule has 0 radical (unpaired) electrons. The highest BCUT2D eigenvalue weighted by Gasteiger charge is 2.44. The molecule has 7 nitrogen and oxygen atoms in total. The normalized spacial score (nSPS) is 15.2. The van der Waals surface area contributed by atoms with Crippen molar-refractivity contribution in [1.29, 1.82) is 5.26 Å². The summed E-state index contributed by atoms with van der Waals surface area (Å²) in [5.74, 6) is 3.73. The van der Waals surface area contributed by atoms with Gasteiger partial charge >= 0.3 is 5.97 Å². The summed E-state index contributed by atoms with van der Waals surface area (Å²) in [6, 6.07) is 16.2. The molecule has 36 heavy (non-hydrogen) atoms. The van der Waals surface area contributed by atoms with E-state index in [-0.39, 0.29) is 18.2 Å². The van der Waals surface area contributed by atoms with Gasteiger partial charge in [0.25, 0.3) is 6.71 Å². The van der Waals surface area contributed by atoms with Crippen molar-refractivity contribution in [3.05, 3.63) is 60.4 Å². The van der Waals surface area contributed by atoms with Gasteiger partial charge in [0.2, 0.25) is 0 Å². The number of carbonyl (C=O) groups excluding carboxylic acids is 1. The molecule has 8 heteroatoms. The van der Waals surface area contributed by atoms with Gasteiger partial charge in [0.05, 0.1) is 23.8 Å². The minimum absolute atomic E-state index is 0.00826. The van der Waals surface area contributed by atoms with E-state index in [1.165, 1.54) is 0 Å². The third-order valence-corrected chi connectivity index (χ3v) is 6.87. The van der Waals surface area contributed by atoms with E-state index >= 15 is 0 Å². The zero-order valence-electron chi connectivity index (χ0n) is 21.6. The number of nitrogens with one attached hydrogen (secondary N) is 1. The summed E-state index contributed by atoms with van der Waals surface area (Å²) in [6.07, 6.45) is 4.89. The van der Waals surface area contributed by atoms with E-state index in [0.29, 0.717) is 44.3 Å². The predicted molar refractivity (Wildman–Crippen MR) is 143 cm³/mol. The van der Waals surface area contributed by atoms with Gasteiger partial charge in [0, 0.05) is 24.1 Å². The molecule has 0 unspecified atom stereocenters. The van der Waals surface area contributed by atoms with E-state index in [2.05, 4.69) is 55.4 Å². The van der Waals surface area contributed by atoms with Crippen LogP contribution in [0.15, 0.2) is 54.7 Å². The molecule has 0 atom stereocenters. The molecule has 186 valence electrons. The fraction of sp³-hybridized carbons (Fsp3) is 0.429. The minimum Gasteiger partial charge on any atom is -0.466 e. The first-order valence-electron chi connectivity index (χ1n) is 12.7. The zero-order chi connectivity index (χ0) is 25.8. The van der Waals surface area contributed by atoms with Crippen LogP contribution in [0.5, 0.6) is 0 Å². The van der Waals surface area contributed by atoms with Crippen LogP contribution < -0.4 is 5.32 Å². The lowest BCUT2D eigenvalue weighted by Crippen LogP contribution is -2.40. The first kappa shape index (κ1) is 25.5. The molecule has 1 fully saturated rings. The molecular weight excluding hydrogens is 449 g/mol. The summed E-state index contributed by atoms with van der Waals surface area (Å²) < 4.78 is 7.47. The highest BCUT2D eigenvalue weighted by Crippen LogP contribution is 2.41. The minimum atomic E-state index is -0.671. The topological polar surface area (TPSA) is 92.8 Å². The number of rotatable bonds is 7. The summed E-state index contributed by atoms with van der Waals surface area (Å²) in [5.41, 5.74) is 2.06. The largest absolute Gasteiger partial charge is 0.466 e. The quantitative estimate of drug-likeness (QED) is 0.333. The van der Waals surface area contributed by atoms with E-state index in [1.807, 2.05) is 41.9 Å². The third kappa shape index (κ3) is 5.62. The smallest absolute Gasteiger partial charge is 0.312 e. The Morgan fingerprint density at radius 1 is 1.17 bits per heavy atom. The summed E-state index contributed by atoms with van der Waals surface area (Å²) >= 11 is 0. The van der Waals surface area contributed by atoms with Gasteiger partial charge in [-0.25, -0.2) is 14.9 Å². The van der Waals surface area contributed by atoms with Crippen molar-refractivity contribution in [3.63, 3.8) is 0 Å². The molecule has 0 saturated carbocycles. The lowest BCUT2D eigenvalue weighted by atomic mass is 9.39. The molecule has 3 aromatic rings. The lowest BCUT2D eigenvalue weighted by Gasteiger charge is -2.35. The highest BCUT2D eigenvalue weighted by atomic mass is 16.5. The molecule has 1 N–H and O–H groups in total. The second-order valence-corrected chi connectivity index (χ2v) is 10.6. The Kier molecular flexibility index (Phi) is 7.49. The number of hydrogen-bond acceptors (Lipinski definition) is 6. The predicted octanol–water partition coefficient (Wildman–Crippen LogP) is 5.89. The average molecular weight is 483 g/mol. The molecule has 0 aliphatic carbocycles. The van der Waals surface area contributed by atoms with E-state index in [4.69, 9.17) is 9.72 Å². The molecule has 2 aromatic heterocycles. The molecule has 3 heterocycles. The molecule has 0 spiro atoms. The van der Waals surface area contributed by atoms with Crippen molar-refractivity contribution in [2.24, 2.45) is 5.41 Å². The SMILES string of the molecule is CCOC(=O)C1(Cc2cc(-c3ccccc3)cc(Nc3ccnn3C(C)(C)C)n2)CCB(C#N)CC1. The maximum absolute atomic E-state index is 13.2. The summed E-state index contributed by atoms with van der Waals surface area (Å²) in [4.78, 5) is 18.2. The number of nitriles is 1. The number of nitrogens with zero attached hydrogens (tertiary/aromatic N) is 4. The molecule has 1 aliphatic heterocycles. The van der Waals surface area contributed by atoms with Gasteiger partial charge in [-0.1, -0.05) is 43.0 Å². The third-order valence-electron chi connectivity index (χ3n) is 6.87. The van der Waals surface area contributed by atoms with Crippen LogP contribution in [0.4, 0.5) is 11.6 Å². The van der Waals surface area contributed by atoms with Crippen LogP contribution >= 0.6 is 0 Å². The lowest BCUT2D eigenvalue weighted by molar-refractivity contribution is -0.156. The molecular formula is C28H34BN5O2. The Balaban J connectivity index is 1.73. The molecule has 0 bridgehead atoms. The maximum Gasteiger partial charge on any atom is 0.312 e. The summed E-state index contributed by atoms with van der Waals surface area (Å²) in [7, 11) is 0. The first-order chi connectivity index (χ1) is 17.2. The van der Waals surface area contributed by atoms with Gasteiger partial charge in [-0.15, -0.1) is 0 Å². The van der Waals surface area contributed by atoms with Crippen LogP contribution in [-0.4, -0.2) is 34.1 Å². The number of ether oxygens (including phenoxy) is 1. The van der Waals surface area contributed by atoms with Crippen LogP contribution in [0.1, 0.15) is 46.2 Å². The number of esters is 1. The highest BCUT2D eigenvalue weighted by molar-refractivity contribution is 6.67. The number of anilines is 2. The molecule has 4 rings (SSSR count). The van der Waals surface area contributed by atoms with Crippen molar-refractivity contribution >= 4 is 24.3 Å². The Morgan fingerprint density at radius 2 is 1.89 bits per heavy atom. The van der Waals surface area contributed by atoms with Crippen molar-refractivity contribution in [2.75, 3.05) is 11.9 Å². The molecule has 0 amide bonds. The Labute approximate surface area is 214 Å². The fourth-order valence-corrected chi connectivity index (χ4v) is 4.99. The number of aromatic nitrogens is 3. The average Bonchev–Trinajstić information content (AvgIpc) is 3.34. The van der Waals surface area contributed by atoms with Crippen molar-refractivity contribution < 1.29 is 9.53 Å². The van der Waals surface area contributed by atoms with Gasteiger partial charge in [0.1, 0.15) is 11.6 Å². The van der Waals surface area contributed by atoms with E-state index < -0.39 is 5.41 Å². The number of benzene rings is 1. The van der Waals surface area contributed by atoms with Crippen LogP contribution in [0.3, 0.4) is 0 Å². The number of carbonyl (C=O) groups is 1. The van der Waals surface area contributed by atoms with Gasteiger partial charge < -0.3 is 10.1 Å². The molecule has 1 aliphatic rings. The number of hydrogen-bond donors (Lipinski definition) is 1. The van der Waals surface area contributed by atoms with E-state index in [0.717, 1.165) is 22.6 Å². The second-order valence-electron chi connectivity index (χ2n) is 10.6. The van der Waals surface area contributed by atoms with Crippen LogP contribution in [0.2, 0.25) is 12.6 Å². The second kappa shape index (κ2) is 10.6. The number of pyridine rings is 1. The summed E-state index contributed by atoms with van der Waals surface area (Å²) in [6.45, 7) is 8.47. The van der Waals surface area contributed by atoms with Gasteiger partial charge in [-0.05, 0) is 63.8 Å². The van der Waals surface area contributed by atoms with E-state index in [9.17, 15) is 10.1 Å². The maximum atomic E-state index is 13.2. The van der Waals surface area contributed by atoms with Crippen molar-refractivity contribution in [3.8, 4) is 17.1 Å². The summed E-state index contributed by atoms with van der Waals surface area (Å²) in [5, 5.41) is 17.3. The van der Waals surface area contributed by atoms with E-state index in [1.54, 1.807) is 6.20 Å². The zero-order valence-corrected chi connectivity index (χ0v) is 21.6. The Morgan fingerprint density at radius 3 is 2.53 bits per heavy atom.